The molecule has 0 saturated carbocycles. The minimum atomic E-state index is -0.0974. The second-order valence-electron chi connectivity index (χ2n) is 4.16. The van der Waals surface area contributed by atoms with Gasteiger partial charge in [0.2, 0.25) is 0 Å². The Labute approximate surface area is 111 Å². The molecule has 1 rings (SSSR count). The van der Waals surface area contributed by atoms with Crippen molar-refractivity contribution < 1.29 is 9.53 Å². The first-order chi connectivity index (χ1) is 8.47. The molecule has 1 heterocycles. The second-order valence-corrected chi connectivity index (χ2v) is 5.16. The molecule has 1 amide bonds. The van der Waals surface area contributed by atoms with Crippen LogP contribution in [-0.2, 0) is 4.74 Å². The van der Waals surface area contributed by atoms with E-state index in [-0.39, 0.29) is 17.8 Å². The first kappa shape index (κ1) is 14.7. The number of aromatic nitrogens is 1. The number of ether oxygens (including phenoxy) is 1. The molecule has 0 aromatic carbocycles. The van der Waals surface area contributed by atoms with Crippen molar-refractivity contribution in [3.8, 4) is 0 Å². The third kappa shape index (κ3) is 3.58. The van der Waals surface area contributed by atoms with Crippen LogP contribution in [0.2, 0.25) is 0 Å². The number of rotatable bonds is 6. The lowest BCUT2D eigenvalue weighted by Crippen LogP contribution is -2.32. The molecule has 0 atom stereocenters. The molecule has 0 fully saturated rings. The van der Waals surface area contributed by atoms with Gasteiger partial charge in [0.1, 0.15) is 10.7 Å². The van der Waals surface area contributed by atoms with Gasteiger partial charge in [-0.1, -0.05) is 11.3 Å². The summed E-state index contributed by atoms with van der Waals surface area (Å²) < 4.78 is 4.93. The molecular weight excluding hydrogens is 252 g/mol. The monoisotopic (exact) mass is 272 g/mol. The normalized spacial score (nSPS) is 10.7. The summed E-state index contributed by atoms with van der Waals surface area (Å²) in [6.07, 6.45) is 0. The summed E-state index contributed by atoms with van der Waals surface area (Å²) in [6.45, 7) is 5.12. The molecule has 0 radical (unpaired) electrons. The SMILES string of the molecule is COCCNc1nc(N)c(C(=O)N(C)C(C)C)s1. The van der Waals surface area contributed by atoms with Crippen molar-refractivity contribution in [2.24, 2.45) is 0 Å². The minimum Gasteiger partial charge on any atom is -0.383 e. The summed E-state index contributed by atoms with van der Waals surface area (Å²) in [4.78, 5) is 18.4. The lowest BCUT2D eigenvalue weighted by molar-refractivity contribution is 0.0760. The Hall–Kier alpha value is -1.34. The van der Waals surface area contributed by atoms with Crippen LogP contribution >= 0.6 is 11.3 Å². The molecule has 3 N–H and O–H groups in total. The molecule has 0 unspecified atom stereocenters. The lowest BCUT2D eigenvalue weighted by Gasteiger charge is -2.20. The molecule has 18 heavy (non-hydrogen) atoms. The molecule has 0 bridgehead atoms. The largest absolute Gasteiger partial charge is 0.383 e. The van der Waals surface area contributed by atoms with Crippen LogP contribution in [-0.4, -0.2) is 49.1 Å². The van der Waals surface area contributed by atoms with E-state index in [1.165, 1.54) is 11.3 Å². The predicted molar refractivity (Wildman–Crippen MR) is 74.1 cm³/mol. The van der Waals surface area contributed by atoms with Gasteiger partial charge in [0, 0.05) is 26.7 Å². The van der Waals surface area contributed by atoms with Crippen LogP contribution in [0.5, 0.6) is 0 Å². The van der Waals surface area contributed by atoms with Gasteiger partial charge >= 0.3 is 0 Å². The van der Waals surface area contributed by atoms with Crippen molar-refractivity contribution in [2.75, 3.05) is 38.4 Å². The number of hydrogen-bond acceptors (Lipinski definition) is 6. The van der Waals surface area contributed by atoms with E-state index in [1.54, 1.807) is 19.1 Å². The molecule has 0 aliphatic heterocycles. The highest BCUT2D eigenvalue weighted by atomic mass is 32.1. The fourth-order valence-corrected chi connectivity index (χ4v) is 2.11. The van der Waals surface area contributed by atoms with Gasteiger partial charge in [0.05, 0.1) is 6.61 Å². The predicted octanol–water partition coefficient (Wildman–Crippen LogP) is 1.26. The average molecular weight is 272 g/mol. The molecule has 1 aromatic rings. The summed E-state index contributed by atoms with van der Waals surface area (Å²) in [6, 6.07) is 0.129. The number of anilines is 2. The molecule has 7 heteroatoms. The van der Waals surface area contributed by atoms with E-state index in [4.69, 9.17) is 10.5 Å². The van der Waals surface area contributed by atoms with E-state index in [0.29, 0.717) is 23.2 Å². The fourth-order valence-electron chi connectivity index (χ4n) is 1.22. The third-order valence-corrected chi connectivity index (χ3v) is 3.54. The van der Waals surface area contributed by atoms with Gasteiger partial charge < -0.3 is 20.7 Å². The Balaban J connectivity index is 2.75. The maximum Gasteiger partial charge on any atom is 0.267 e. The molecule has 102 valence electrons. The highest BCUT2D eigenvalue weighted by Gasteiger charge is 2.21. The highest BCUT2D eigenvalue weighted by Crippen LogP contribution is 2.26. The van der Waals surface area contributed by atoms with Crippen LogP contribution in [0.4, 0.5) is 10.9 Å². The van der Waals surface area contributed by atoms with Crippen LogP contribution in [0, 0.1) is 0 Å². The number of methoxy groups -OCH3 is 1. The molecular formula is C11H20N4O2S. The van der Waals surface area contributed by atoms with Crippen molar-refractivity contribution in [3.05, 3.63) is 4.88 Å². The second kappa shape index (κ2) is 6.55. The Morgan fingerprint density at radius 3 is 2.83 bits per heavy atom. The lowest BCUT2D eigenvalue weighted by atomic mass is 10.3. The Kier molecular flexibility index (Phi) is 5.36. The Morgan fingerprint density at radius 1 is 1.61 bits per heavy atom. The van der Waals surface area contributed by atoms with E-state index in [1.807, 2.05) is 13.8 Å². The van der Waals surface area contributed by atoms with Crippen LogP contribution < -0.4 is 11.1 Å². The van der Waals surface area contributed by atoms with Gasteiger partial charge in [0.15, 0.2) is 5.13 Å². The fraction of sp³-hybridized carbons (Fsp3) is 0.636. The number of hydrogen-bond donors (Lipinski definition) is 2. The zero-order chi connectivity index (χ0) is 13.7. The van der Waals surface area contributed by atoms with E-state index in [2.05, 4.69) is 10.3 Å². The summed E-state index contributed by atoms with van der Waals surface area (Å²) >= 11 is 1.27. The van der Waals surface area contributed by atoms with Gasteiger partial charge in [-0.05, 0) is 13.8 Å². The zero-order valence-electron chi connectivity index (χ0n) is 11.2. The van der Waals surface area contributed by atoms with Gasteiger partial charge in [-0.3, -0.25) is 4.79 Å². The van der Waals surface area contributed by atoms with Crippen LogP contribution in [0.1, 0.15) is 23.5 Å². The van der Waals surface area contributed by atoms with E-state index < -0.39 is 0 Å². The number of amides is 1. The van der Waals surface area contributed by atoms with Crippen LogP contribution in [0.25, 0.3) is 0 Å². The van der Waals surface area contributed by atoms with E-state index in [0.717, 1.165) is 0 Å². The van der Waals surface area contributed by atoms with Crippen molar-refractivity contribution in [1.29, 1.82) is 0 Å². The quantitative estimate of drug-likeness (QED) is 0.762. The number of nitrogens with one attached hydrogen (secondary N) is 1. The molecule has 0 spiro atoms. The minimum absolute atomic E-state index is 0.0974. The van der Waals surface area contributed by atoms with Crippen molar-refractivity contribution in [2.45, 2.75) is 19.9 Å². The van der Waals surface area contributed by atoms with E-state index in [9.17, 15) is 4.79 Å². The standard InChI is InChI=1S/C11H20N4O2S/c1-7(2)15(3)10(16)8-9(12)14-11(18-8)13-5-6-17-4/h7H,5-6,12H2,1-4H3,(H,13,14). The Morgan fingerprint density at radius 2 is 2.28 bits per heavy atom. The Bertz CT molecular complexity index is 406. The maximum atomic E-state index is 12.1. The number of carbonyl (C=O) groups excluding carboxylic acids is 1. The van der Waals surface area contributed by atoms with Crippen LogP contribution in [0.15, 0.2) is 0 Å². The van der Waals surface area contributed by atoms with Crippen molar-refractivity contribution >= 4 is 28.2 Å². The number of nitrogen functional groups attached to an aromatic ring is 1. The molecule has 0 aliphatic rings. The molecule has 0 aliphatic carbocycles. The average Bonchev–Trinajstić information content (AvgIpc) is 2.69. The first-order valence-corrected chi connectivity index (χ1v) is 6.55. The smallest absolute Gasteiger partial charge is 0.267 e. The molecule has 6 nitrogen and oxygen atoms in total. The number of nitrogens with zero attached hydrogens (tertiary/aromatic N) is 2. The van der Waals surface area contributed by atoms with Gasteiger partial charge in [-0.15, -0.1) is 0 Å². The molecule has 0 saturated heterocycles. The summed E-state index contributed by atoms with van der Waals surface area (Å²) in [5, 5.41) is 3.71. The maximum absolute atomic E-state index is 12.1. The molecule has 1 aromatic heterocycles. The van der Waals surface area contributed by atoms with E-state index >= 15 is 0 Å². The zero-order valence-corrected chi connectivity index (χ0v) is 12.0. The first-order valence-electron chi connectivity index (χ1n) is 5.73. The van der Waals surface area contributed by atoms with Gasteiger partial charge in [0.25, 0.3) is 5.91 Å². The van der Waals surface area contributed by atoms with Crippen molar-refractivity contribution in [3.63, 3.8) is 0 Å². The number of carbonyl (C=O) groups is 1. The van der Waals surface area contributed by atoms with Gasteiger partial charge in [-0.25, -0.2) is 4.98 Å². The summed E-state index contributed by atoms with van der Waals surface area (Å²) in [5.74, 6) is 0.178. The number of nitrogens with two attached hydrogens (primary N) is 1. The third-order valence-electron chi connectivity index (χ3n) is 2.52. The highest BCUT2D eigenvalue weighted by molar-refractivity contribution is 7.18. The van der Waals surface area contributed by atoms with Gasteiger partial charge in [-0.2, -0.15) is 0 Å². The van der Waals surface area contributed by atoms with Crippen LogP contribution in [0.3, 0.4) is 0 Å². The topological polar surface area (TPSA) is 80.5 Å². The van der Waals surface area contributed by atoms with Crippen molar-refractivity contribution in [1.82, 2.24) is 9.88 Å². The summed E-state index contributed by atoms with van der Waals surface area (Å²) in [7, 11) is 3.38. The number of thiazole rings is 1. The summed E-state index contributed by atoms with van der Waals surface area (Å²) in [5.41, 5.74) is 5.77.